The van der Waals surface area contributed by atoms with E-state index >= 15 is 0 Å². The maximum Gasteiger partial charge on any atom is 0.246 e. The number of H-pyrrole nitrogens is 1. The number of tetrazole rings is 1. The van der Waals surface area contributed by atoms with Crippen molar-refractivity contribution in [3.05, 3.63) is 102 Å². The summed E-state index contributed by atoms with van der Waals surface area (Å²) >= 11 is 0. The number of fused-ring (bicyclic) bond motifs is 1. The van der Waals surface area contributed by atoms with E-state index in [0.29, 0.717) is 12.8 Å². The third kappa shape index (κ3) is 4.82. The molecule has 0 spiro atoms. The summed E-state index contributed by atoms with van der Waals surface area (Å²) in [5.74, 6) is 0.137. The molecule has 0 saturated heterocycles. The smallest absolute Gasteiger partial charge is 0.246 e. The van der Waals surface area contributed by atoms with E-state index < -0.39 is 0 Å². The van der Waals surface area contributed by atoms with Gasteiger partial charge in [-0.25, -0.2) is 5.10 Å². The Labute approximate surface area is 191 Å². The van der Waals surface area contributed by atoms with Crippen molar-refractivity contribution >= 4 is 22.8 Å². The van der Waals surface area contributed by atoms with Gasteiger partial charge in [-0.1, -0.05) is 59.7 Å². The molecule has 164 valence electrons. The van der Waals surface area contributed by atoms with Crippen molar-refractivity contribution in [1.82, 2.24) is 25.2 Å². The summed E-state index contributed by atoms with van der Waals surface area (Å²) in [6.07, 6.45) is 5.16. The summed E-state index contributed by atoms with van der Waals surface area (Å²) in [4.78, 5) is 12.2. The average Bonchev–Trinajstić information content (AvgIpc) is 3.50. The van der Waals surface area contributed by atoms with Crippen molar-refractivity contribution in [2.75, 3.05) is 5.32 Å². The molecule has 1 amide bonds. The second kappa shape index (κ2) is 9.48. The Bertz CT molecular complexity index is 1340. The van der Waals surface area contributed by atoms with Crippen LogP contribution in [0.15, 0.2) is 85.1 Å². The van der Waals surface area contributed by atoms with Crippen LogP contribution in [0.5, 0.6) is 0 Å². The fourth-order valence-electron chi connectivity index (χ4n) is 4.09. The number of anilines is 1. The first-order valence-electron chi connectivity index (χ1n) is 11.0. The van der Waals surface area contributed by atoms with Gasteiger partial charge in [-0.15, -0.1) is 0 Å². The molecule has 5 rings (SSSR count). The zero-order valence-corrected chi connectivity index (χ0v) is 18.1. The normalized spacial score (nSPS) is 11.0. The number of carbonyl (C=O) groups is 1. The van der Waals surface area contributed by atoms with Gasteiger partial charge in [-0.2, -0.15) is 0 Å². The Hall–Kier alpha value is -4.26. The zero-order valence-electron chi connectivity index (χ0n) is 18.1. The lowest BCUT2D eigenvalue weighted by molar-refractivity contribution is -0.116. The number of nitrogens with zero attached hydrogens (tertiary/aromatic N) is 4. The minimum Gasteiger partial charge on any atom is -0.316 e. The molecule has 7 heteroatoms. The Morgan fingerprint density at radius 2 is 1.67 bits per heavy atom. The van der Waals surface area contributed by atoms with Crippen molar-refractivity contribution in [3.63, 3.8) is 0 Å². The van der Waals surface area contributed by atoms with Gasteiger partial charge in [0, 0.05) is 23.7 Å². The summed E-state index contributed by atoms with van der Waals surface area (Å²) in [6.45, 7) is 0. The molecule has 33 heavy (non-hydrogen) atoms. The van der Waals surface area contributed by atoms with E-state index in [9.17, 15) is 4.79 Å². The third-order valence-corrected chi connectivity index (χ3v) is 5.76. The second-order valence-electron chi connectivity index (χ2n) is 8.00. The number of amides is 1. The van der Waals surface area contributed by atoms with Crippen molar-refractivity contribution in [2.45, 2.75) is 25.7 Å². The van der Waals surface area contributed by atoms with Gasteiger partial charge in [0.25, 0.3) is 0 Å². The third-order valence-electron chi connectivity index (χ3n) is 5.76. The van der Waals surface area contributed by atoms with E-state index in [1.807, 2.05) is 12.1 Å². The largest absolute Gasteiger partial charge is 0.316 e. The summed E-state index contributed by atoms with van der Waals surface area (Å²) < 4.78 is 2.25. The summed E-state index contributed by atoms with van der Waals surface area (Å²) in [7, 11) is 0. The molecule has 2 aromatic heterocycles. The molecule has 0 atom stereocenters. The Morgan fingerprint density at radius 3 is 2.42 bits per heavy atom. The van der Waals surface area contributed by atoms with E-state index in [2.05, 4.69) is 103 Å². The van der Waals surface area contributed by atoms with Crippen LogP contribution in [0.4, 0.5) is 5.95 Å². The highest BCUT2D eigenvalue weighted by Crippen LogP contribution is 2.28. The van der Waals surface area contributed by atoms with Gasteiger partial charge in [-0.05, 0) is 70.6 Å². The standard InChI is InChI=1S/C26H24N6O/c33-25(27-26-28-30-31-29-26)16-13-20-12-15-24-23(17-20)21(14-11-19-7-3-1-4-8-19)18-32(24)22-9-5-2-6-10-22/h1-10,12,15,17-18H,11,13-14,16H2,(H2,27,28,29,30,31,33). The summed E-state index contributed by atoms with van der Waals surface area (Å²) in [5.41, 5.74) is 6.07. The molecule has 0 radical (unpaired) electrons. The molecule has 5 aromatic rings. The summed E-state index contributed by atoms with van der Waals surface area (Å²) in [6, 6.07) is 27.4. The number of carbonyl (C=O) groups excluding carboxylic acids is 1. The minimum atomic E-state index is -0.125. The number of benzene rings is 3. The second-order valence-corrected chi connectivity index (χ2v) is 8.00. The molecular formula is C26H24N6O. The van der Waals surface area contributed by atoms with Crippen LogP contribution in [0.2, 0.25) is 0 Å². The molecule has 0 aliphatic carbocycles. The maximum atomic E-state index is 12.2. The van der Waals surface area contributed by atoms with Gasteiger partial charge in [0.05, 0.1) is 5.52 Å². The highest BCUT2D eigenvalue weighted by atomic mass is 16.1. The molecule has 0 saturated carbocycles. The van der Waals surface area contributed by atoms with Crippen LogP contribution < -0.4 is 5.32 Å². The molecule has 2 N–H and O–H groups in total. The number of aryl methyl sites for hydroxylation is 3. The predicted molar refractivity (Wildman–Crippen MR) is 128 cm³/mol. The highest BCUT2D eigenvalue weighted by Gasteiger charge is 2.12. The van der Waals surface area contributed by atoms with Crippen LogP contribution in [0, 0.1) is 0 Å². The van der Waals surface area contributed by atoms with Crippen molar-refractivity contribution in [1.29, 1.82) is 0 Å². The molecule has 0 aliphatic rings. The first-order chi connectivity index (χ1) is 16.3. The fourth-order valence-corrected chi connectivity index (χ4v) is 4.09. The molecule has 0 bridgehead atoms. The van der Waals surface area contributed by atoms with Crippen LogP contribution in [-0.2, 0) is 24.1 Å². The topological polar surface area (TPSA) is 88.5 Å². The Morgan fingerprint density at radius 1 is 0.879 bits per heavy atom. The number of rotatable bonds is 8. The molecular weight excluding hydrogens is 412 g/mol. The van der Waals surface area contributed by atoms with E-state index in [0.717, 1.165) is 24.1 Å². The fraction of sp³-hybridized carbons (Fsp3) is 0.154. The predicted octanol–water partition coefficient (Wildman–Crippen LogP) is 4.50. The SMILES string of the molecule is O=C(CCc1ccc2c(c1)c(CCc1ccccc1)cn2-c1ccccc1)Nc1nnn[nH]1. The molecule has 0 fully saturated rings. The zero-order chi connectivity index (χ0) is 22.5. The molecule has 2 heterocycles. The van der Waals surface area contributed by atoms with Gasteiger partial charge in [-0.3, -0.25) is 10.1 Å². The Kier molecular flexibility index (Phi) is 5.93. The lowest BCUT2D eigenvalue weighted by atomic mass is 10.0. The van der Waals surface area contributed by atoms with Gasteiger partial charge < -0.3 is 4.57 Å². The van der Waals surface area contributed by atoms with Crippen LogP contribution in [0.3, 0.4) is 0 Å². The van der Waals surface area contributed by atoms with E-state index in [4.69, 9.17) is 0 Å². The average molecular weight is 437 g/mol. The number of aromatic amines is 1. The first kappa shape index (κ1) is 20.6. The van der Waals surface area contributed by atoms with Crippen LogP contribution in [-0.4, -0.2) is 31.1 Å². The lowest BCUT2D eigenvalue weighted by Gasteiger charge is -2.06. The van der Waals surface area contributed by atoms with E-state index in [1.54, 1.807) is 0 Å². The van der Waals surface area contributed by atoms with Crippen molar-refractivity contribution in [2.24, 2.45) is 0 Å². The van der Waals surface area contributed by atoms with Gasteiger partial charge in [0.15, 0.2) is 0 Å². The van der Waals surface area contributed by atoms with Gasteiger partial charge in [0.1, 0.15) is 0 Å². The quantitative estimate of drug-likeness (QED) is 0.375. The first-order valence-corrected chi connectivity index (χ1v) is 11.0. The highest BCUT2D eigenvalue weighted by molar-refractivity contribution is 5.89. The monoisotopic (exact) mass is 436 g/mol. The number of para-hydroxylation sites is 1. The van der Waals surface area contributed by atoms with Crippen molar-refractivity contribution in [3.8, 4) is 5.69 Å². The van der Waals surface area contributed by atoms with E-state index in [-0.39, 0.29) is 11.9 Å². The molecule has 0 unspecified atom stereocenters. The number of hydrogen-bond acceptors (Lipinski definition) is 4. The number of nitrogens with one attached hydrogen (secondary N) is 2. The molecule has 7 nitrogen and oxygen atoms in total. The maximum absolute atomic E-state index is 12.2. The molecule has 0 aliphatic heterocycles. The van der Waals surface area contributed by atoms with Crippen molar-refractivity contribution < 1.29 is 4.79 Å². The van der Waals surface area contributed by atoms with Gasteiger partial charge in [0.2, 0.25) is 11.9 Å². The van der Waals surface area contributed by atoms with Gasteiger partial charge >= 0.3 is 0 Å². The minimum absolute atomic E-state index is 0.125. The lowest BCUT2D eigenvalue weighted by Crippen LogP contribution is -2.13. The molecule has 3 aromatic carbocycles. The van der Waals surface area contributed by atoms with Crippen LogP contribution in [0.25, 0.3) is 16.6 Å². The summed E-state index contributed by atoms with van der Waals surface area (Å²) in [5, 5.41) is 17.1. The number of aromatic nitrogens is 5. The van der Waals surface area contributed by atoms with Crippen LogP contribution in [0.1, 0.15) is 23.1 Å². The van der Waals surface area contributed by atoms with E-state index in [1.165, 1.54) is 22.0 Å². The van der Waals surface area contributed by atoms with Crippen LogP contribution >= 0.6 is 0 Å². The Balaban J connectivity index is 1.40. The number of hydrogen-bond donors (Lipinski definition) is 2.